The van der Waals surface area contributed by atoms with Crippen molar-refractivity contribution >= 4 is 23.6 Å². The quantitative estimate of drug-likeness (QED) is 0.789. The van der Waals surface area contributed by atoms with Crippen LogP contribution in [0, 0.1) is 5.82 Å². The molecule has 1 amide bonds. The molecule has 1 aromatic rings. The number of halogens is 4. The van der Waals surface area contributed by atoms with Gasteiger partial charge in [0.15, 0.2) is 0 Å². The highest BCUT2D eigenvalue weighted by molar-refractivity contribution is 8.00. The second-order valence-electron chi connectivity index (χ2n) is 4.00. The topological polar surface area (TPSA) is 66.4 Å². The Bertz CT molecular complexity index is 504. The summed E-state index contributed by atoms with van der Waals surface area (Å²) in [6, 6.07) is 3.64. The average Bonchev–Trinajstić information content (AvgIpc) is 2.35. The van der Waals surface area contributed by atoms with Gasteiger partial charge in [0.1, 0.15) is 5.82 Å². The Morgan fingerprint density at radius 2 is 1.81 bits per heavy atom. The number of thioether (sulfide) groups is 1. The maximum Gasteiger partial charge on any atom is 0.442 e. The van der Waals surface area contributed by atoms with Gasteiger partial charge in [-0.3, -0.25) is 9.59 Å². The number of hydrogen-bond donors (Lipinski definition) is 2. The first-order chi connectivity index (χ1) is 9.67. The molecule has 21 heavy (non-hydrogen) atoms. The minimum atomic E-state index is -4.55. The van der Waals surface area contributed by atoms with Crippen LogP contribution < -0.4 is 5.32 Å². The van der Waals surface area contributed by atoms with E-state index in [-0.39, 0.29) is 0 Å². The van der Waals surface area contributed by atoms with Gasteiger partial charge in [0.2, 0.25) is 5.91 Å². The number of aliphatic carboxylic acids is 1. The number of carbonyl (C=O) groups is 2. The molecule has 4 nitrogen and oxygen atoms in total. The van der Waals surface area contributed by atoms with Crippen molar-refractivity contribution < 1.29 is 32.3 Å². The highest BCUT2D eigenvalue weighted by Crippen LogP contribution is 2.30. The summed E-state index contributed by atoms with van der Waals surface area (Å²) in [6.07, 6.45) is -0.520. The standard InChI is InChI=1S/C12H11F4NO3S/c13-8-3-1-7(2-4-8)9(5-11(19)20)17-10(18)6-21-12(14,15)16/h1-4,9H,5-6H2,(H,17,18)(H,19,20). The van der Waals surface area contributed by atoms with Crippen LogP contribution in [0.4, 0.5) is 17.6 Å². The van der Waals surface area contributed by atoms with E-state index in [2.05, 4.69) is 5.32 Å². The number of benzene rings is 1. The summed E-state index contributed by atoms with van der Waals surface area (Å²) in [5.74, 6) is -3.62. The zero-order valence-corrected chi connectivity index (χ0v) is 11.3. The van der Waals surface area contributed by atoms with E-state index >= 15 is 0 Å². The Balaban J connectivity index is 2.72. The molecule has 0 saturated carbocycles. The lowest BCUT2D eigenvalue weighted by molar-refractivity contribution is -0.137. The molecule has 1 atom stereocenters. The van der Waals surface area contributed by atoms with E-state index in [0.29, 0.717) is 5.56 Å². The summed E-state index contributed by atoms with van der Waals surface area (Å²) in [4.78, 5) is 22.2. The van der Waals surface area contributed by atoms with E-state index in [0.717, 1.165) is 12.1 Å². The lowest BCUT2D eigenvalue weighted by Crippen LogP contribution is -2.32. The maximum atomic E-state index is 12.8. The van der Waals surface area contributed by atoms with E-state index in [1.165, 1.54) is 12.1 Å². The van der Waals surface area contributed by atoms with Crippen molar-refractivity contribution in [2.24, 2.45) is 0 Å². The number of nitrogens with one attached hydrogen (secondary N) is 1. The van der Waals surface area contributed by atoms with E-state index in [1.54, 1.807) is 0 Å². The van der Waals surface area contributed by atoms with Gasteiger partial charge in [-0.25, -0.2) is 4.39 Å². The number of rotatable bonds is 6. The van der Waals surface area contributed by atoms with Gasteiger partial charge in [-0.1, -0.05) is 12.1 Å². The molecule has 0 spiro atoms. The van der Waals surface area contributed by atoms with Gasteiger partial charge < -0.3 is 10.4 Å². The number of amides is 1. The molecule has 116 valence electrons. The first kappa shape index (κ1) is 17.3. The molecule has 9 heteroatoms. The van der Waals surface area contributed by atoms with Crippen LogP contribution in [0.5, 0.6) is 0 Å². The Labute approximate surface area is 121 Å². The summed E-state index contributed by atoms with van der Waals surface area (Å²) in [7, 11) is 0. The molecule has 1 aromatic carbocycles. The summed E-state index contributed by atoms with van der Waals surface area (Å²) >= 11 is -0.519. The average molecular weight is 325 g/mol. The lowest BCUT2D eigenvalue weighted by Gasteiger charge is -2.17. The molecule has 0 radical (unpaired) electrons. The molecule has 1 rings (SSSR count). The van der Waals surface area contributed by atoms with Crippen molar-refractivity contribution in [3.63, 3.8) is 0 Å². The highest BCUT2D eigenvalue weighted by Gasteiger charge is 2.30. The van der Waals surface area contributed by atoms with Crippen LogP contribution in [0.1, 0.15) is 18.0 Å². The predicted molar refractivity (Wildman–Crippen MR) is 68.0 cm³/mol. The largest absolute Gasteiger partial charge is 0.481 e. The van der Waals surface area contributed by atoms with Crippen LogP contribution >= 0.6 is 11.8 Å². The Kier molecular flexibility index (Phi) is 6.01. The zero-order valence-electron chi connectivity index (χ0n) is 10.5. The van der Waals surface area contributed by atoms with E-state index in [9.17, 15) is 27.2 Å². The molecule has 0 aliphatic heterocycles. The molecule has 0 bridgehead atoms. The number of carboxylic acids is 1. The van der Waals surface area contributed by atoms with Crippen molar-refractivity contribution in [1.82, 2.24) is 5.32 Å². The van der Waals surface area contributed by atoms with Crippen LogP contribution in [0.3, 0.4) is 0 Å². The van der Waals surface area contributed by atoms with E-state index in [1.807, 2.05) is 0 Å². The van der Waals surface area contributed by atoms with Crippen LogP contribution in [-0.4, -0.2) is 28.2 Å². The smallest absolute Gasteiger partial charge is 0.442 e. The predicted octanol–water partition coefficient (Wildman–Crippen LogP) is 2.71. The summed E-state index contributed by atoms with van der Waals surface area (Å²) in [5, 5.41) is 11.0. The Morgan fingerprint density at radius 1 is 1.24 bits per heavy atom. The minimum absolute atomic E-state index is 0.296. The maximum absolute atomic E-state index is 12.8. The lowest BCUT2D eigenvalue weighted by atomic mass is 10.0. The number of carboxylic acid groups (broad SMARTS) is 1. The van der Waals surface area contributed by atoms with Gasteiger partial charge in [0, 0.05) is 0 Å². The Morgan fingerprint density at radius 3 is 2.29 bits per heavy atom. The fraction of sp³-hybridized carbons (Fsp3) is 0.333. The van der Waals surface area contributed by atoms with Gasteiger partial charge in [-0.15, -0.1) is 0 Å². The van der Waals surface area contributed by atoms with Crippen molar-refractivity contribution in [3.05, 3.63) is 35.6 Å². The SMILES string of the molecule is O=C(O)CC(NC(=O)CSC(F)(F)F)c1ccc(F)cc1. The molecular formula is C12H11F4NO3S. The van der Waals surface area contributed by atoms with Crippen LogP contribution in [0.2, 0.25) is 0 Å². The third-order valence-corrected chi connectivity index (χ3v) is 3.09. The summed E-state index contributed by atoms with van der Waals surface area (Å²) < 4.78 is 48.7. The van der Waals surface area contributed by atoms with Crippen LogP contribution in [0.25, 0.3) is 0 Å². The third kappa shape index (κ3) is 6.98. The fourth-order valence-electron chi connectivity index (χ4n) is 1.51. The van der Waals surface area contributed by atoms with E-state index < -0.39 is 53.2 Å². The van der Waals surface area contributed by atoms with Gasteiger partial charge in [-0.05, 0) is 29.5 Å². The number of alkyl halides is 3. The molecule has 0 aliphatic carbocycles. The van der Waals surface area contributed by atoms with Crippen LogP contribution in [0.15, 0.2) is 24.3 Å². The molecule has 0 heterocycles. The van der Waals surface area contributed by atoms with Crippen molar-refractivity contribution in [2.75, 3.05) is 5.75 Å². The Hall–Kier alpha value is -1.77. The van der Waals surface area contributed by atoms with Gasteiger partial charge in [-0.2, -0.15) is 13.2 Å². The minimum Gasteiger partial charge on any atom is -0.481 e. The molecule has 2 N–H and O–H groups in total. The summed E-state index contributed by atoms with van der Waals surface area (Å²) in [5.41, 5.74) is -4.25. The van der Waals surface area contributed by atoms with Crippen LogP contribution in [-0.2, 0) is 9.59 Å². The van der Waals surface area contributed by atoms with Gasteiger partial charge in [0.25, 0.3) is 0 Å². The number of hydrogen-bond acceptors (Lipinski definition) is 3. The molecule has 0 fully saturated rings. The molecule has 0 aliphatic rings. The van der Waals surface area contributed by atoms with Crippen molar-refractivity contribution in [3.8, 4) is 0 Å². The first-order valence-electron chi connectivity index (χ1n) is 5.64. The summed E-state index contributed by atoms with van der Waals surface area (Å²) in [6.45, 7) is 0. The first-order valence-corrected chi connectivity index (χ1v) is 6.63. The fourth-order valence-corrected chi connectivity index (χ4v) is 1.88. The van der Waals surface area contributed by atoms with E-state index in [4.69, 9.17) is 5.11 Å². The third-order valence-electron chi connectivity index (χ3n) is 2.35. The van der Waals surface area contributed by atoms with Gasteiger partial charge in [0.05, 0.1) is 18.2 Å². The molecule has 1 unspecified atom stereocenters. The second-order valence-corrected chi connectivity index (χ2v) is 5.04. The highest BCUT2D eigenvalue weighted by atomic mass is 32.2. The normalized spacial score (nSPS) is 12.8. The van der Waals surface area contributed by atoms with Gasteiger partial charge >= 0.3 is 11.5 Å². The molecule has 0 aromatic heterocycles. The monoisotopic (exact) mass is 325 g/mol. The zero-order chi connectivity index (χ0) is 16.0. The molecule has 0 saturated heterocycles. The van der Waals surface area contributed by atoms with Crippen molar-refractivity contribution in [2.45, 2.75) is 18.0 Å². The van der Waals surface area contributed by atoms with Crippen molar-refractivity contribution in [1.29, 1.82) is 0 Å². The molecular weight excluding hydrogens is 314 g/mol. The number of carbonyl (C=O) groups excluding carboxylic acids is 1. The second kappa shape index (κ2) is 7.30.